The summed E-state index contributed by atoms with van der Waals surface area (Å²) >= 11 is 0. The number of para-hydroxylation sites is 2. The lowest BCUT2D eigenvalue weighted by molar-refractivity contribution is -0.162. The lowest BCUT2D eigenvalue weighted by Crippen LogP contribution is -2.38. The summed E-state index contributed by atoms with van der Waals surface area (Å²) in [5.74, 6) is -0.0930. The third-order valence-electron chi connectivity index (χ3n) is 4.37. The number of aromatic nitrogens is 2. The normalized spacial score (nSPS) is 26.3. The first-order chi connectivity index (χ1) is 10.8. The molecule has 0 spiro atoms. The summed E-state index contributed by atoms with van der Waals surface area (Å²) in [5.41, 5.74) is 2.78. The SMILES string of the molecule is Oc1cccc(C23OCC(Cn4c2nc2ccccc24)O3)c1. The Hall–Kier alpha value is -2.37. The van der Waals surface area contributed by atoms with Gasteiger partial charge in [0.2, 0.25) is 0 Å². The Balaban J connectivity index is 1.81. The molecule has 5 nitrogen and oxygen atoms in total. The Kier molecular flexibility index (Phi) is 2.27. The van der Waals surface area contributed by atoms with E-state index in [0.717, 1.165) is 29.0 Å². The van der Waals surface area contributed by atoms with Crippen molar-refractivity contribution in [1.29, 1.82) is 0 Å². The van der Waals surface area contributed by atoms with Gasteiger partial charge in [0.05, 0.1) is 24.2 Å². The highest BCUT2D eigenvalue weighted by molar-refractivity contribution is 5.76. The highest BCUT2D eigenvalue weighted by Gasteiger charge is 2.52. The van der Waals surface area contributed by atoms with Gasteiger partial charge in [0.15, 0.2) is 5.82 Å². The number of hydrogen-bond acceptors (Lipinski definition) is 4. The van der Waals surface area contributed by atoms with Gasteiger partial charge in [-0.1, -0.05) is 24.3 Å². The number of aromatic hydroxyl groups is 1. The molecule has 1 aromatic heterocycles. The smallest absolute Gasteiger partial charge is 0.256 e. The molecule has 1 N–H and O–H groups in total. The molecule has 3 aromatic rings. The summed E-state index contributed by atoms with van der Waals surface area (Å²) in [6.45, 7) is 1.25. The fraction of sp³-hybridized carbons (Fsp3) is 0.235. The van der Waals surface area contributed by atoms with Gasteiger partial charge in [-0.05, 0) is 24.3 Å². The topological polar surface area (TPSA) is 56.5 Å². The monoisotopic (exact) mass is 294 g/mol. The second-order valence-electron chi connectivity index (χ2n) is 5.75. The molecular weight excluding hydrogens is 280 g/mol. The highest BCUT2D eigenvalue weighted by atomic mass is 16.7. The number of phenolic OH excluding ortho intramolecular Hbond substituents is 1. The summed E-state index contributed by atoms with van der Waals surface area (Å²) < 4.78 is 14.4. The fourth-order valence-electron chi connectivity index (χ4n) is 3.43. The highest BCUT2D eigenvalue weighted by Crippen LogP contribution is 2.45. The van der Waals surface area contributed by atoms with Crippen LogP contribution in [0.15, 0.2) is 48.5 Å². The van der Waals surface area contributed by atoms with Crippen molar-refractivity contribution in [2.75, 3.05) is 6.61 Å². The van der Waals surface area contributed by atoms with Crippen LogP contribution in [0.4, 0.5) is 0 Å². The molecule has 2 aliphatic heterocycles. The third-order valence-corrected chi connectivity index (χ3v) is 4.37. The minimum Gasteiger partial charge on any atom is -0.508 e. The molecule has 2 aromatic carbocycles. The Morgan fingerprint density at radius 3 is 3.00 bits per heavy atom. The molecule has 0 aliphatic carbocycles. The van der Waals surface area contributed by atoms with Crippen molar-refractivity contribution in [2.45, 2.75) is 18.4 Å². The number of phenols is 1. The zero-order chi connectivity index (χ0) is 14.7. The molecule has 2 aliphatic rings. The maximum Gasteiger partial charge on any atom is 0.256 e. The van der Waals surface area contributed by atoms with E-state index in [9.17, 15) is 5.11 Å². The largest absolute Gasteiger partial charge is 0.508 e. The van der Waals surface area contributed by atoms with Crippen LogP contribution in [0.1, 0.15) is 11.4 Å². The van der Waals surface area contributed by atoms with Crippen LogP contribution in [-0.2, 0) is 21.8 Å². The minimum atomic E-state index is -1.03. The molecule has 3 heterocycles. The lowest BCUT2D eigenvalue weighted by Gasteiger charge is -2.32. The first-order valence-electron chi connectivity index (χ1n) is 7.33. The fourth-order valence-corrected chi connectivity index (χ4v) is 3.43. The summed E-state index contributed by atoms with van der Waals surface area (Å²) in [6.07, 6.45) is -0.00699. The predicted molar refractivity (Wildman–Crippen MR) is 79.4 cm³/mol. The molecule has 5 rings (SSSR count). The quantitative estimate of drug-likeness (QED) is 0.748. The average molecular weight is 294 g/mol. The standard InChI is InChI=1S/C17H14N2O3/c20-12-5-3-4-11(8-12)17-16-18-14-6-1-2-7-15(14)19(16)9-13(22-17)10-21-17/h1-8,13,20H,9-10H2. The van der Waals surface area contributed by atoms with Gasteiger partial charge in [-0.3, -0.25) is 0 Å². The summed E-state index contributed by atoms with van der Waals surface area (Å²) in [7, 11) is 0. The van der Waals surface area contributed by atoms with Crippen molar-refractivity contribution < 1.29 is 14.6 Å². The third kappa shape index (κ3) is 1.47. The first-order valence-corrected chi connectivity index (χ1v) is 7.33. The molecule has 2 unspecified atom stereocenters. The van der Waals surface area contributed by atoms with Gasteiger partial charge in [-0.25, -0.2) is 4.98 Å². The lowest BCUT2D eigenvalue weighted by atomic mass is 10.0. The van der Waals surface area contributed by atoms with Crippen LogP contribution < -0.4 is 0 Å². The Morgan fingerprint density at radius 1 is 1.18 bits per heavy atom. The van der Waals surface area contributed by atoms with Crippen molar-refractivity contribution in [3.8, 4) is 5.75 Å². The van der Waals surface area contributed by atoms with Crippen molar-refractivity contribution in [1.82, 2.24) is 9.55 Å². The second kappa shape index (κ2) is 4.09. The van der Waals surface area contributed by atoms with Gasteiger partial charge in [0.25, 0.3) is 5.79 Å². The van der Waals surface area contributed by atoms with Gasteiger partial charge < -0.3 is 19.1 Å². The molecule has 5 heteroatoms. The van der Waals surface area contributed by atoms with Crippen molar-refractivity contribution >= 4 is 11.0 Å². The van der Waals surface area contributed by atoms with E-state index in [1.165, 1.54) is 0 Å². The van der Waals surface area contributed by atoms with E-state index < -0.39 is 5.79 Å². The zero-order valence-electron chi connectivity index (χ0n) is 11.8. The van der Waals surface area contributed by atoms with E-state index in [1.807, 2.05) is 24.3 Å². The second-order valence-corrected chi connectivity index (χ2v) is 5.75. The van der Waals surface area contributed by atoms with Gasteiger partial charge >= 0.3 is 0 Å². The molecule has 0 radical (unpaired) electrons. The molecule has 1 fully saturated rings. The average Bonchev–Trinajstić information content (AvgIpc) is 3.09. The van der Waals surface area contributed by atoms with Crippen LogP contribution in [0.3, 0.4) is 0 Å². The van der Waals surface area contributed by atoms with Crippen molar-refractivity contribution in [3.63, 3.8) is 0 Å². The van der Waals surface area contributed by atoms with Gasteiger partial charge in [-0.15, -0.1) is 0 Å². The maximum atomic E-state index is 9.82. The molecule has 2 bridgehead atoms. The summed E-state index contributed by atoms with van der Waals surface area (Å²) in [5, 5.41) is 9.82. The molecule has 1 saturated heterocycles. The minimum absolute atomic E-state index is 0.00699. The van der Waals surface area contributed by atoms with Crippen LogP contribution in [0.5, 0.6) is 5.75 Å². The molecule has 110 valence electrons. The molecule has 2 atom stereocenters. The maximum absolute atomic E-state index is 9.82. The van der Waals surface area contributed by atoms with Crippen LogP contribution in [0, 0.1) is 0 Å². The first kappa shape index (κ1) is 12.2. The summed E-state index contributed by atoms with van der Waals surface area (Å²) in [4.78, 5) is 4.74. The zero-order valence-corrected chi connectivity index (χ0v) is 11.8. The Morgan fingerprint density at radius 2 is 2.09 bits per heavy atom. The molecule has 0 saturated carbocycles. The Bertz CT molecular complexity index is 888. The van der Waals surface area contributed by atoms with E-state index in [4.69, 9.17) is 14.5 Å². The van der Waals surface area contributed by atoms with Crippen LogP contribution in [0.25, 0.3) is 11.0 Å². The van der Waals surface area contributed by atoms with Gasteiger partial charge in [0.1, 0.15) is 11.9 Å². The van der Waals surface area contributed by atoms with Crippen molar-refractivity contribution in [2.24, 2.45) is 0 Å². The van der Waals surface area contributed by atoms with Crippen LogP contribution >= 0.6 is 0 Å². The molecule has 22 heavy (non-hydrogen) atoms. The Labute approximate surface area is 126 Å². The van der Waals surface area contributed by atoms with E-state index in [1.54, 1.807) is 18.2 Å². The number of benzene rings is 2. The number of fused-ring (bicyclic) bond motifs is 6. The molecule has 0 amide bonds. The van der Waals surface area contributed by atoms with E-state index in [2.05, 4.69) is 10.6 Å². The number of imidazole rings is 1. The predicted octanol–water partition coefficient (Wildman–Crippen LogP) is 2.37. The van der Waals surface area contributed by atoms with E-state index in [0.29, 0.717) is 6.61 Å². The van der Waals surface area contributed by atoms with E-state index in [-0.39, 0.29) is 11.9 Å². The van der Waals surface area contributed by atoms with Gasteiger partial charge in [0, 0.05) is 5.56 Å². The number of nitrogens with zero attached hydrogens (tertiary/aromatic N) is 2. The number of hydrogen-bond donors (Lipinski definition) is 1. The molecular formula is C17H14N2O3. The van der Waals surface area contributed by atoms with Crippen LogP contribution in [-0.4, -0.2) is 27.4 Å². The van der Waals surface area contributed by atoms with Crippen LogP contribution in [0.2, 0.25) is 0 Å². The van der Waals surface area contributed by atoms with E-state index >= 15 is 0 Å². The van der Waals surface area contributed by atoms with Gasteiger partial charge in [-0.2, -0.15) is 0 Å². The number of ether oxygens (including phenoxy) is 2. The number of rotatable bonds is 1. The summed E-state index contributed by atoms with van der Waals surface area (Å²) in [6, 6.07) is 15.0. The van der Waals surface area contributed by atoms with Crippen molar-refractivity contribution in [3.05, 3.63) is 59.9 Å².